The summed E-state index contributed by atoms with van der Waals surface area (Å²) in [5.74, 6) is 0. The molecule has 3 aromatic rings. The molecule has 11 heteroatoms. The molecule has 0 fully saturated rings. The van der Waals surface area contributed by atoms with E-state index in [0.29, 0.717) is 22.6 Å². The van der Waals surface area contributed by atoms with Gasteiger partial charge in [-0.3, -0.25) is 10.1 Å². The summed E-state index contributed by atoms with van der Waals surface area (Å²) in [6, 6.07) is 15.3. The maximum absolute atomic E-state index is 12.9. The lowest BCUT2D eigenvalue weighted by molar-refractivity contribution is -0.384. The topological polar surface area (TPSA) is 123 Å². The number of rotatable bonds is 8. The van der Waals surface area contributed by atoms with Crippen LogP contribution in [0.4, 0.5) is 5.69 Å². The zero-order chi connectivity index (χ0) is 23.5. The van der Waals surface area contributed by atoms with Gasteiger partial charge in [0.2, 0.25) is 19.9 Å². The standard InChI is InChI=1S/C21H19ClN2O6S2/c1-15-2-9-20(31(27,28)19-10-5-17(22)6-11-19)14-21(15)32(29,30)23-13-12-16-3-7-18(8-4-16)24(25)26/h2-11,14,23H,12-13H2,1H3. The summed E-state index contributed by atoms with van der Waals surface area (Å²) in [6.07, 6.45) is 0.305. The minimum Gasteiger partial charge on any atom is -0.258 e. The van der Waals surface area contributed by atoms with Gasteiger partial charge in [-0.15, -0.1) is 0 Å². The number of hydrogen-bond acceptors (Lipinski definition) is 6. The Bertz CT molecular complexity index is 1350. The molecule has 32 heavy (non-hydrogen) atoms. The first kappa shape index (κ1) is 23.9. The largest absolute Gasteiger partial charge is 0.269 e. The van der Waals surface area contributed by atoms with Crippen molar-refractivity contribution in [1.29, 1.82) is 0 Å². The predicted octanol–water partition coefficient (Wildman–Crippen LogP) is 3.91. The Hall–Kier alpha value is -2.79. The number of non-ortho nitro benzene ring substituents is 1. The fourth-order valence-corrected chi connectivity index (χ4v) is 5.77. The van der Waals surface area contributed by atoms with Gasteiger partial charge >= 0.3 is 0 Å². The van der Waals surface area contributed by atoms with Crippen LogP contribution in [0, 0.1) is 17.0 Å². The maximum Gasteiger partial charge on any atom is 0.269 e. The summed E-state index contributed by atoms with van der Waals surface area (Å²) in [7, 11) is -7.93. The van der Waals surface area contributed by atoms with E-state index < -0.39 is 24.8 Å². The molecular formula is C21H19ClN2O6S2. The summed E-state index contributed by atoms with van der Waals surface area (Å²) in [5.41, 5.74) is 1.06. The minimum absolute atomic E-state index is 0.000214. The van der Waals surface area contributed by atoms with Crippen LogP contribution in [0.2, 0.25) is 5.02 Å². The Balaban J connectivity index is 1.80. The van der Waals surface area contributed by atoms with Crippen molar-refractivity contribution in [2.24, 2.45) is 0 Å². The normalized spacial score (nSPS) is 11.9. The Morgan fingerprint density at radius 1 is 0.906 bits per heavy atom. The molecule has 0 heterocycles. The van der Waals surface area contributed by atoms with E-state index in [1.54, 1.807) is 19.1 Å². The number of hydrogen-bond donors (Lipinski definition) is 1. The van der Waals surface area contributed by atoms with Crippen LogP contribution in [0.15, 0.2) is 81.4 Å². The summed E-state index contributed by atoms with van der Waals surface area (Å²) in [5, 5.41) is 11.1. The second kappa shape index (κ2) is 9.37. The van der Waals surface area contributed by atoms with E-state index in [2.05, 4.69) is 4.72 Å². The van der Waals surface area contributed by atoms with Gasteiger partial charge < -0.3 is 0 Å². The smallest absolute Gasteiger partial charge is 0.258 e. The Morgan fingerprint density at radius 3 is 2.09 bits per heavy atom. The molecular weight excluding hydrogens is 476 g/mol. The lowest BCUT2D eigenvalue weighted by Gasteiger charge is -2.12. The van der Waals surface area contributed by atoms with Gasteiger partial charge in [0.05, 0.1) is 19.6 Å². The molecule has 0 radical (unpaired) electrons. The van der Waals surface area contributed by atoms with Crippen LogP contribution in [0.5, 0.6) is 0 Å². The number of nitrogens with one attached hydrogen (secondary N) is 1. The first-order valence-corrected chi connectivity index (χ1v) is 12.7. The Morgan fingerprint density at radius 2 is 1.50 bits per heavy atom. The molecule has 0 unspecified atom stereocenters. The second-order valence-electron chi connectivity index (χ2n) is 6.96. The minimum atomic E-state index is -4.00. The Kier molecular flexibility index (Phi) is 6.99. The molecule has 0 amide bonds. The summed E-state index contributed by atoms with van der Waals surface area (Å²) >= 11 is 5.82. The van der Waals surface area contributed by atoms with Crippen LogP contribution < -0.4 is 4.72 Å². The van der Waals surface area contributed by atoms with Crippen LogP contribution in [-0.2, 0) is 26.3 Å². The van der Waals surface area contributed by atoms with Crippen molar-refractivity contribution in [1.82, 2.24) is 4.72 Å². The molecule has 0 saturated carbocycles. The van der Waals surface area contributed by atoms with E-state index in [9.17, 15) is 26.9 Å². The molecule has 0 aromatic heterocycles. The summed E-state index contributed by atoms with van der Waals surface area (Å²) < 4.78 is 53.9. The summed E-state index contributed by atoms with van der Waals surface area (Å²) in [4.78, 5) is 9.91. The van der Waals surface area contributed by atoms with Gasteiger partial charge in [0.15, 0.2) is 0 Å². The molecule has 8 nitrogen and oxygen atoms in total. The van der Waals surface area contributed by atoms with E-state index in [-0.39, 0.29) is 26.9 Å². The van der Waals surface area contributed by atoms with E-state index in [1.165, 1.54) is 48.5 Å². The second-order valence-corrected chi connectivity index (χ2v) is 11.1. The van der Waals surface area contributed by atoms with E-state index >= 15 is 0 Å². The van der Waals surface area contributed by atoms with Crippen LogP contribution in [0.3, 0.4) is 0 Å². The third-order valence-corrected chi connectivity index (χ3v) is 8.36. The van der Waals surface area contributed by atoms with Gasteiger partial charge in [-0.05, 0) is 60.9 Å². The highest BCUT2D eigenvalue weighted by molar-refractivity contribution is 7.91. The lowest BCUT2D eigenvalue weighted by atomic mass is 10.1. The van der Waals surface area contributed by atoms with Crippen molar-refractivity contribution < 1.29 is 21.8 Å². The van der Waals surface area contributed by atoms with Crippen LogP contribution in [-0.4, -0.2) is 28.3 Å². The van der Waals surface area contributed by atoms with Gasteiger partial charge in [-0.2, -0.15) is 0 Å². The van der Waals surface area contributed by atoms with Gasteiger partial charge in [0.25, 0.3) is 5.69 Å². The maximum atomic E-state index is 12.9. The highest BCUT2D eigenvalue weighted by Crippen LogP contribution is 2.26. The molecule has 0 spiro atoms. The molecule has 168 valence electrons. The van der Waals surface area contributed by atoms with Crippen LogP contribution in [0.25, 0.3) is 0 Å². The zero-order valence-electron chi connectivity index (χ0n) is 16.9. The molecule has 1 N–H and O–H groups in total. The van der Waals surface area contributed by atoms with Crippen molar-refractivity contribution >= 4 is 37.1 Å². The molecule has 0 aliphatic rings. The fraction of sp³-hybridized carbons (Fsp3) is 0.143. The zero-order valence-corrected chi connectivity index (χ0v) is 19.2. The third kappa shape index (κ3) is 5.33. The first-order valence-electron chi connectivity index (χ1n) is 9.35. The molecule has 3 rings (SSSR count). The van der Waals surface area contributed by atoms with E-state index in [4.69, 9.17) is 11.6 Å². The monoisotopic (exact) mass is 494 g/mol. The van der Waals surface area contributed by atoms with Crippen LogP contribution in [0.1, 0.15) is 11.1 Å². The fourth-order valence-electron chi connectivity index (χ4n) is 2.98. The first-order chi connectivity index (χ1) is 15.0. The molecule has 0 aliphatic carbocycles. The molecule has 3 aromatic carbocycles. The number of sulfone groups is 1. The average Bonchev–Trinajstić information content (AvgIpc) is 2.74. The van der Waals surface area contributed by atoms with Gasteiger partial charge in [-0.1, -0.05) is 29.8 Å². The van der Waals surface area contributed by atoms with Crippen molar-refractivity contribution in [3.8, 4) is 0 Å². The number of sulfonamides is 1. The predicted molar refractivity (Wildman–Crippen MR) is 120 cm³/mol. The van der Waals surface area contributed by atoms with E-state index in [1.807, 2.05) is 0 Å². The van der Waals surface area contributed by atoms with Crippen molar-refractivity contribution in [2.75, 3.05) is 6.54 Å². The van der Waals surface area contributed by atoms with Crippen molar-refractivity contribution in [3.05, 3.63) is 93.0 Å². The average molecular weight is 495 g/mol. The molecule has 0 atom stereocenters. The van der Waals surface area contributed by atoms with Gasteiger partial charge in [0.1, 0.15) is 0 Å². The van der Waals surface area contributed by atoms with Crippen LogP contribution >= 0.6 is 11.6 Å². The number of nitro groups is 1. The van der Waals surface area contributed by atoms with Crippen molar-refractivity contribution in [3.63, 3.8) is 0 Å². The highest BCUT2D eigenvalue weighted by atomic mass is 35.5. The quantitative estimate of drug-likeness (QED) is 0.374. The number of nitro benzene ring substituents is 1. The lowest BCUT2D eigenvalue weighted by Crippen LogP contribution is -2.27. The number of aryl methyl sites for hydroxylation is 1. The van der Waals surface area contributed by atoms with Crippen molar-refractivity contribution in [2.45, 2.75) is 28.0 Å². The van der Waals surface area contributed by atoms with E-state index in [0.717, 1.165) is 6.07 Å². The Labute approximate surface area is 191 Å². The number of halogens is 1. The number of benzene rings is 3. The van der Waals surface area contributed by atoms with Gasteiger partial charge in [0, 0.05) is 23.7 Å². The summed E-state index contributed by atoms with van der Waals surface area (Å²) in [6.45, 7) is 1.61. The molecule has 0 aliphatic heterocycles. The van der Waals surface area contributed by atoms with Gasteiger partial charge in [-0.25, -0.2) is 21.6 Å². The molecule has 0 bridgehead atoms. The SMILES string of the molecule is Cc1ccc(S(=O)(=O)c2ccc(Cl)cc2)cc1S(=O)(=O)NCCc1ccc([N+](=O)[O-])cc1. The highest BCUT2D eigenvalue weighted by Gasteiger charge is 2.23. The number of nitrogens with zero attached hydrogens (tertiary/aromatic N) is 1. The third-order valence-electron chi connectivity index (χ3n) is 4.74. The molecule has 0 saturated heterocycles.